The molecule has 0 fully saturated rings. The van der Waals surface area contributed by atoms with E-state index in [1.165, 1.54) is 47.3 Å². The number of aliphatic imine (C=N–C) groups is 1. The minimum absolute atomic E-state index is 0.0107. The summed E-state index contributed by atoms with van der Waals surface area (Å²) >= 11 is 3.11. The average molecular weight is 626 g/mol. The van der Waals surface area contributed by atoms with Crippen LogP contribution in [0.3, 0.4) is 0 Å². The molecule has 0 bridgehead atoms. The second-order valence-corrected chi connectivity index (χ2v) is 12.5. The number of thioether (sulfide) groups is 1. The number of ether oxygens (including phenoxy) is 1. The summed E-state index contributed by atoms with van der Waals surface area (Å²) in [4.78, 5) is 22.6. The van der Waals surface area contributed by atoms with Crippen molar-refractivity contribution in [1.82, 2.24) is 20.5 Å². The van der Waals surface area contributed by atoms with Crippen molar-refractivity contribution in [2.24, 2.45) is 16.5 Å². The fraction of sp³-hybridized carbons (Fsp3) is 0.469. The number of carbonyl (C=O) groups excluding carboxylic acids is 1. The summed E-state index contributed by atoms with van der Waals surface area (Å²) in [5.74, 6) is 1.58. The Morgan fingerprint density at radius 2 is 1.67 bits per heavy atom. The third-order valence-electron chi connectivity index (χ3n) is 6.79. The van der Waals surface area contributed by atoms with Gasteiger partial charge in [0.2, 0.25) is 5.13 Å². The van der Waals surface area contributed by atoms with E-state index < -0.39 is 0 Å². The molecule has 1 unspecified atom stereocenters. The van der Waals surface area contributed by atoms with Crippen LogP contribution in [0.1, 0.15) is 60.6 Å². The summed E-state index contributed by atoms with van der Waals surface area (Å²) in [6.45, 7) is 6.06. The molecule has 0 saturated carbocycles. The van der Waals surface area contributed by atoms with Gasteiger partial charge < -0.3 is 31.7 Å². The Labute approximate surface area is 264 Å². The molecule has 2 aromatic carbocycles. The van der Waals surface area contributed by atoms with Gasteiger partial charge in [0.15, 0.2) is 5.96 Å². The molecule has 0 aliphatic carbocycles. The van der Waals surface area contributed by atoms with Gasteiger partial charge in [0, 0.05) is 36.5 Å². The number of hydrogen-bond acceptors (Lipinski definition) is 7. The summed E-state index contributed by atoms with van der Waals surface area (Å²) in [5, 5.41) is 8.36. The van der Waals surface area contributed by atoms with Crippen LogP contribution in [0, 0.1) is 6.92 Å². The lowest BCUT2D eigenvalue weighted by molar-refractivity contribution is 0.0644. The maximum atomic E-state index is 12.0. The third-order valence-corrected chi connectivity index (χ3v) is 8.56. The summed E-state index contributed by atoms with van der Waals surface area (Å²) < 4.78 is 6.39. The molecule has 0 aliphatic rings. The highest BCUT2D eigenvalue weighted by Crippen LogP contribution is 2.26. The second kappa shape index (κ2) is 20.0. The van der Waals surface area contributed by atoms with Crippen molar-refractivity contribution in [3.63, 3.8) is 0 Å². The topological polar surface area (TPSA) is 131 Å². The predicted molar refractivity (Wildman–Crippen MR) is 181 cm³/mol. The van der Waals surface area contributed by atoms with Crippen molar-refractivity contribution < 1.29 is 9.53 Å². The van der Waals surface area contributed by atoms with Gasteiger partial charge in [0.05, 0.1) is 12.3 Å². The van der Waals surface area contributed by atoms with Gasteiger partial charge >= 0.3 is 6.03 Å². The highest BCUT2D eigenvalue weighted by Gasteiger charge is 2.15. The molecule has 0 spiro atoms. The Morgan fingerprint density at radius 1 is 0.977 bits per heavy atom. The Kier molecular flexibility index (Phi) is 15.9. The Hall–Kier alpha value is -3.12. The third kappa shape index (κ3) is 14.3. The smallest absolute Gasteiger partial charge is 0.314 e. The Morgan fingerprint density at radius 3 is 2.44 bits per heavy atom. The van der Waals surface area contributed by atoms with Crippen LogP contribution >= 0.6 is 23.1 Å². The fourth-order valence-corrected chi connectivity index (χ4v) is 5.99. The first-order valence-corrected chi connectivity index (χ1v) is 17.0. The number of nitrogens with zero attached hydrogens (tertiary/aromatic N) is 3. The van der Waals surface area contributed by atoms with Gasteiger partial charge in [-0.2, -0.15) is 16.8 Å². The zero-order valence-corrected chi connectivity index (χ0v) is 27.1. The maximum Gasteiger partial charge on any atom is 0.314 e. The monoisotopic (exact) mass is 625 g/mol. The van der Waals surface area contributed by atoms with Crippen LogP contribution in [0.25, 0.3) is 0 Å². The first-order chi connectivity index (χ1) is 20.9. The van der Waals surface area contributed by atoms with Gasteiger partial charge in [-0.3, -0.25) is 0 Å². The number of aromatic nitrogens is 1. The number of hydrogen-bond donors (Lipinski definition) is 4. The number of urea groups is 1. The van der Waals surface area contributed by atoms with E-state index in [0.717, 1.165) is 43.1 Å². The summed E-state index contributed by atoms with van der Waals surface area (Å²) in [5.41, 5.74) is 15.3. The van der Waals surface area contributed by atoms with Crippen molar-refractivity contribution in [2.45, 2.75) is 50.9 Å². The average Bonchev–Trinajstić information content (AvgIpc) is 3.44. The Balaban J connectivity index is 1.16. The quantitative estimate of drug-likeness (QED) is 0.0733. The standard InChI is InChI=1S/C32H47N7O2S2/c1-25-13-15-27(16-14-25)29(26-11-7-6-8-12-26)41-21-20-39(2)19-10-5-3-4-9-17-35-31(40)36-18-22-42-23-28-24-43-32(37-28)38-30(33)34/h6-8,11-16,24,29H,3-5,9-10,17-23H2,1-2H3,(H2,35,36,40)(H4,33,34,37,38). The zero-order valence-electron chi connectivity index (χ0n) is 25.5. The van der Waals surface area contributed by atoms with Crippen molar-refractivity contribution in [2.75, 3.05) is 45.6 Å². The molecule has 6 N–H and O–H groups in total. The molecule has 43 heavy (non-hydrogen) atoms. The van der Waals surface area contributed by atoms with Crippen LogP contribution in [0.5, 0.6) is 0 Å². The number of unbranched alkanes of at least 4 members (excludes halogenated alkanes) is 4. The Bertz CT molecular complexity index is 1220. The fourth-order valence-electron chi connectivity index (χ4n) is 4.43. The van der Waals surface area contributed by atoms with Crippen LogP contribution < -0.4 is 22.1 Å². The summed E-state index contributed by atoms with van der Waals surface area (Å²) in [6, 6.07) is 19.0. The molecule has 0 aliphatic heterocycles. The highest BCUT2D eigenvalue weighted by atomic mass is 32.2. The van der Waals surface area contributed by atoms with E-state index in [0.29, 0.717) is 24.8 Å². The molecule has 11 heteroatoms. The molecule has 234 valence electrons. The number of benzene rings is 2. The lowest BCUT2D eigenvalue weighted by Crippen LogP contribution is -2.37. The van der Waals surface area contributed by atoms with Crippen LogP contribution in [-0.4, -0.2) is 67.5 Å². The first kappa shape index (κ1) is 34.4. The lowest BCUT2D eigenvalue weighted by atomic mass is 10.0. The summed E-state index contributed by atoms with van der Waals surface area (Å²) in [6.07, 6.45) is 5.60. The molecule has 0 saturated heterocycles. The van der Waals surface area contributed by atoms with Gasteiger partial charge in [-0.25, -0.2) is 9.78 Å². The molecule has 1 heterocycles. The molecule has 3 rings (SSSR count). The number of guanidine groups is 1. The number of nitrogens with two attached hydrogens (primary N) is 2. The van der Waals surface area contributed by atoms with Crippen LogP contribution in [0.2, 0.25) is 0 Å². The number of likely N-dealkylation sites (N-methyl/N-ethyl adjacent to an activating group) is 1. The largest absolute Gasteiger partial charge is 0.370 e. The predicted octanol–water partition coefficient (Wildman–Crippen LogP) is 5.58. The van der Waals surface area contributed by atoms with E-state index in [1.54, 1.807) is 11.8 Å². The molecule has 1 atom stereocenters. The van der Waals surface area contributed by atoms with Crippen LogP contribution in [0.4, 0.5) is 9.93 Å². The number of thiazole rings is 1. The highest BCUT2D eigenvalue weighted by molar-refractivity contribution is 7.98. The number of amides is 2. The van der Waals surface area contributed by atoms with Crippen molar-refractivity contribution in [3.8, 4) is 0 Å². The minimum Gasteiger partial charge on any atom is -0.370 e. The number of rotatable bonds is 20. The van der Waals surface area contributed by atoms with Gasteiger partial charge in [-0.05, 0) is 44.5 Å². The molecule has 1 aromatic heterocycles. The minimum atomic E-state index is -0.106. The molecule has 3 aromatic rings. The van der Waals surface area contributed by atoms with Gasteiger partial charge in [-0.1, -0.05) is 79.4 Å². The number of nitrogens with one attached hydrogen (secondary N) is 2. The van der Waals surface area contributed by atoms with Gasteiger partial charge in [0.1, 0.15) is 6.10 Å². The van der Waals surface area contributed by atoms with E-state index in [1.807, 2.05) is 11.4 Å². The van der Waals surface area contributed by atoms with E-state index in [4.69, 9.17) is 16.2 Å². The van der Waals surface area contributed by atoms with Crippen LogP contribution in [-0.2, 0) is 10.5 Å². The summed E-state index contributed by atoms with van der Waals surface area (Å²) in [7, 11) is 2.16. The van der Waals surface area contributed by atoms with Gasteiger partial charge in [0.25, 0.3) is 0 Å². The molecule has 2 amide bonds. The number of carbonyl (C=O) groups is 1. The van der Waals surface area contributed by atoms with Crippen molar-refractivity contribution in [3.05, 3.63) is 82.4 Å². The van der Waals surface area contributed by atoms with E-state index in [9.17, 15) is 4.79 Å². The molecular formula is C32H47N7O2S2. The molecular weight excluding hydrogens is 579 g/mol. The van der Waals surface area contributed by atoms with Crippen LogP contribution in [0.15, 0.2) is 65.0 Å². The van der Waals surface area contributed by atoms with Crippen molar-refractivity contribution >= 4 is 40.2 Å². The maximum absolute atomic E-state index is 12.0. The normalized spacial score (nSPS) is 11.8. The van der Waals surface area contributed by atoms with Crippen molar-refractivity contribution in [1.29, 1.82) is 0 Å². The second-order valence-electron chi connectivity index (χ2n) is 10.5. The first-order valence-electron chi connectivity index (χ1n) is 15.0. The SMILES string of the molecule is Cc1ccc(C(OCCN(C)CCCCCCCNC(=O)NCCSCc2csc(N=C(N)N)n2)c2ccccc2)cc1. The lowest BCUT2D eigenvalue weighted by Gasteiger charge is -2.22. The zero-order chi connectivity index (χ0) is 30.7. The van der Waals surface area contributed by atoms with E-state index in [-0.39, 0.29) is 18.1 Å². The molecule has 0 radical (unpaired) electrons. The number of aryl methyl sites for hydroxylation is 1. The van der Waals surface area contributed by atoms with E-state index >= 15 is 0 Å². The van der Waals surface area contributed by atoms with Gasteiger partial charge in [-0.15, -0.1) is 11.3 Å². The van der Waals surface area contributed by atoms with E-state index in [2.05, 4.69) is 88.0 Å². The molecule has 9 nitrogen and oxygen atoms in total.